The fourth-order valence-electron chi connectivity index (χ4n) is 2.55. The van der Waals surface area contributed by atoms with Crippen molar-refractivity contribution in [3.8, 4) is 11.8 Å². The van der Waals surface area contributed by atoms with Crippen molar-refractivity contribution in [1.82, 2.24) is 5.32 Å². The first-order valence-corrected chi connectivity index (χ1v) is 8.43. The van der Waals surface area contributed by atoms with Crippen LogP contribution in [0.15, 0.2) is 48.5 Å². The number of rotatable bonds is 7. The second kappa shape index (κ2) is 9.08. The van der Waals surface area contributed by atoms with Crippen LogP contribution in [0.4, 0.5) is 13.2 Å². The molecule has 1 unspecified atom stereocenters. The van der Waals surface area contributed by atoms with Crippen LogP contribution in [0.5, 0.6) is 5.75 Å². The van der Waals surface area contributed by atoms with Crippen molar-refractivity contribution in [3.05, 3.63) is 65.2 Å². The highest BCUT2D eigenvalue weighted by Crippen LogP contribution is 2.31. The average molecular weight is 376 g/mol. The van der Waals surface area contributed by atoms with E-state index in [2.05, 4.69) is 5.32 Å². The van der Waals surface area contributed by atoms with Crippen LogP contribution in [0.1, 0.15) is 42.5 Å². The van der Waals surface area contributed by atoms with Crippen LogP contribution in [0, 0.1) is 11.3 Å². The number of hydrogen-bond donors (Lipinski definition) is 1. The molecule has 0 aliphatic heterocycles. The summed E-state index contributed by atoms with van der Waals surface area (Å²) >= 11 is 0. The molecule has 0 aliphatic carbocycles. The third-order valence-corrected chi connectivity index (χ3v) is 3.88. The number of nitriles is 1. The lowest BCUT2D eigenvalue weighted by Gasteiger charge is -2.20. The highest BCUT2D eigenvalue weighted by molar-refractivity contribution is 5.78. The predicted octanol–water partition coefficient (Wildman–Crippen LogP) is 4.61. The van der Waals surface area contributed by atoms with Crippen molar-refractivity contribution >= 4 is 5.91 Å². The van der Waals surface area contributed by atoms with E-state index in [9.17, 15) is 18.0 Å². The summed E-state index contributed by atoms with van der Waals surface area (Å²) in [5.74, 6) is -0.00881. The molecule has 0 saturated carbocycles. The Hall–Kier alpha value is -3.01. The molecule has 7 heteroatoms. The van der Waals surface area contributed by atoms with Crippen LogP contribution in [-0.2, 0) is 11.0 Å². The summed E-state index contributed by atoms with van der Waals surface area (Å²) in [6.07, 6.45) is -3.24. The van der Waals surface area contributed by atoms with Crippen LogP contribution in [0.2, 0.25) is 0 Å². The van der Waals surface area contributed by atoms with Crippen molar-refractivity contribution in [3.63, 3.8) is 0 Å². The molecule has 4 nitrogen and oxygen atoms in total. The van der Waals surface area contributed by atoms with E-state index < -0.39 is 23.7 Å². The van der Waals surface area contributed by atoms with Crippen LogP contribution in [-0.4, -0.2) is 12.5 Å². The molecule has 142 valence electrons. The smallest absolute Gasteiger partial charge is 0.416 e. The maximum atomic E-state index is 12.9. The Morgan fingerprint density at radius 2 is 1.93 bits per heavy atom. The maximum absolute atomic E-state index is 12.9. The zero-order valence-corrected chi connectivity index (χ0v) is 14.7. The topological polar surface area (TPSA) is 62.1 Å². The highest BCUT2D eigenvalue weighted by Gasteiger charge is 2.31. The van der Waals surface area contributed by atoms with Gasteiger partial charge in [-0.25, -0.2) is 0 Å². The van der Waals surface area contributed by atoms with Gasteiger partial charge in [0, 0.05) is 0 Å². The number of hydrogen-bond acceptors (Lipinski definition) is 3. The van der Waals surface area contributed by atoms with E-state index in [0.29, 0.717) is 29.7 Å². The number of alkyl halides is 3. The number of ether oxygens (including phenoxy) is 1. The Morgan fingerprint density at radius 3 is 2.52 bits per heavy atom. The van der Waals surface area contributed by atoms with Crippen molar-refractivity contribution in [2.45, 2.75) is 32.0 Å². The van der Waals surface area contributed by atoms with E-state index in [0.717, 1.165) is 12.1 Å². The minimum Gasteiger partial charge on any atom is -0.484 e. The summed E-state index contributed by atoms with van der Waals surface area (Å²) in [5.41, 5.74) is 0.127. The molecule has 0 heterocycles. The summed E-state index contributed by atoms with van der Waals surface area (Å²) in [4.78, 5) is 12.2. The second-order valence-corrected chi connectivity index (χ2v) is 5.96. The predicted molar refractivity (Wildman–Crippen MR) is 93.9 cm³/mol. The molecule has 0 bridgehead atoms. The number of nitrogens with zero attached hydrogens (tertiary/aromatic N) is 1. The SMILES string of the molecule is CCCC(NC(=O)COc1ccc(C#N)cc1)c1cccc(C(F)(F)F)c1. The normalized spacial score (nSPS) is 12.1. The number of nitrogens with one attached hydrogen (secondary N) is 1. The summed E-state index contributed by atoms with van der Waals surface area (Å²) in [7, 11) is 0. The fourth-order valence-corrected chi connectivity index (χ4v) is 2.55. The summed E-state index contributed by atoms with van der Waals surface area (Å²) in [5, 5.41) is 11.5. The first kappa shape index (κ1) is 20.3. The van der Waals surface area contributed by atoms with Gasteiger partial charge in [0.2, 0.25) is 0 Å². The quantitative estimate of drug-likeness (QED) is 0.767. The standard InChI is InChI=1S/C20H19F3N2O2/c1-2-4-18(15-5-3-6-16(11-15)20(21,22)23)25-19(26)13-27-17-9-7-14(12-24)8-10-17/h3,5-11,18H,2,4,13H2,1H3,(H,25,26). The maximum Gasteiger partial charge on any atom is 0.416 e. The summed E-state index contributed by atoms with van der Waals surface area (Å²) in [6.45, 7) is 1.62. The molecule has 0 spiro atoms. The fraction of sp³-hybridized carbons (Fsp3) is 0.300. The Bertz CT molecular complexity index is 811. The first-order chi connectivity index (χ1) is 12.8. The van der Waals surface area contributed by atoms with Crippen LogP contribution in [0.25, 0.3) is 0 Å². The van der Waals surface area contributed by atoms with Gasteiger partial charge in [-0.05, 0) is 48.4 Å². The van der Waals surface area contributed by atoms with E-state index in [1.165, 1.54) is 6.07 Å². The Kier molecular flexibility index (Phi) is 6.83. The number of halogens is 3. The molecule has 0 radical (unpaired) electrons. The minimum atomic E-state index is -4.44. The van der Waals surface area contributed by atoms with Gasteiger partial charge in [0.05, 0.1) is 23.2 Å². The number of carbonyl (C=O) groups excluding carboxylic acids is 1. The van der Waals surface area contributed by atoms with Gasteiger partial charge in [-0.2, -0.15) is 18.4 Å². The second-order valence-electron chi connectivity index (χ2n) is 5.96. The minimum absolute atomic E-state index is 0.273. The monoisotopic (exact) mass is 376 g/mol. The first-order valence-electron chi connectivity index (χ1n) is 8.43. The van der Waals surface area contributed by atoms with Gasteiger partial charge in [0.1, 0.15) is 5.75 Å². The molecule has 1 N–H and O–H groups in total. The van der Waals surface area contributed by atoms with Gasteiger partial charge >= 0.3 is 6.18 Å². The molecule has 27 heavy (non-hydrogen) atoms. The zero-order chi connectivity index (χ0) is 19.9. The molecule has 1 atom stereocenters. The highest BCUT2D eigenvalue weighted by atomic mass is 19.4. The molecule has 2 aromatic rings. The van der Waals surface area contributed by atoms with Gasteiger partial charge in [-0.1, -0.05) is 25.5 Å². The van der Waals surface area contributed by atoms with Gasteiger partial charge < -0.3 is 10.1 Å². The average Bonchev–Trinajstić information content (AvgIpc) is 2.66. The Morgan fingerprint density at radius 1 is 1.22 bits per heavy atom. The van der Waals surface area contributed by atoms with E-state index in [1.807, 2.05) is 13.0 Å². The van der Waals surface area contributed by atoms with Crippen LogP contribution in [0.3, 0.4) is 0 Å². The van der Waals surface area contributed by atoms with Gasteiger partial charge in [0.25, 0.3) is 5.91 Å². The number of amides is 1. The van der Waals surface area contributed by atoms with Crippen LogP contribution >= 0.6 is 0 Å². The van der Waals surface area contributed by atoms with Crippen molar-refractivity contribution in [2.75, 3.05) is 6.61 Å². The summed E-state index contributed by atoms with van der Waals surface area (Å²) < 4.78 is 44.1. The number of carbonyl (C=O) groups is 1. The van der Waals surface area contributed by atoms with Crippen molar-refractivity contribution < 1.29 is 22.7 Å². The molecular weight excluding hydrogens is 357 g/mol. The zero-order valence-electron chi connectivity index (χ0n) is 14.7. The molecule has 2 aromatic carbocycles. The van der Waals surface area contributed by atoms with E-state index in [1.54, 1.807) is 30.3 Å². The lowest BCUT2D eigenvalue weighted by atomic mass is 10.00. The molecule has 1 amide bonds. The van der Waals surface area contributed by atoms with E-state index >= 15 is 0 Å². The van der Waals surface area contributed by atoms with Gasteiger partial charge in [-0.15, -0.1) is 0 Å². The third kappa shape index (κ3) is 6.03. The lowest BCUT2D eigenvalue weighted by Crippen LogP contribution is -2.32. The van der Waals surface area contributed by atoms with Crippen LogP contribution < -0.4 is 10.1 Å². The van der Waals surface area contributed by atoms with Crippen molar-refractivity contribution in [2.24, 2.45) is 0 Å². The lowest BCUT2D eigenvalue weighted by molar-refractivity contribution is -0.137. The molecular formula is C20H19F3N2O2. The van der Waals surface area contributed by atoms with Gasteiger partial charge in [-0.3, -0.25) is 4.79 Å². The number of benzene rings is 2. The van der Waals surface area contributed by atoms with Crippen molar-refractivity contribution in [1.29, 1.82) is 5.26 Å². The molecule has 2 rings (SSSR count). The van der Waals surface area contributed by atoms with E-state index in [4.69, 9.17) is 10.00 Å². The molecule has 0 aromatic heterocycles. The Labute approximate surface area is 155 Å². The van der Waals surface area contributed by atoms with E-state index in [-0.39, 0.29) is 6.61 Å². The third-order valence-electron chi connectivity index (χ3n) is 3.88. The summed E-state index contributed by atoms with van der Waals surface area (Å²) in [6, 6.07) is 12.7. The molecule has 0 saturated heterocycles. The van der Waals surface area contributed by atoms with Gasteiger partial charge in [0.15, 0.2) is 6.61 Å². The molecule has 0 aliphatic rings. The molecule has 0 fully saturated rings. The largest absolute Gasteiger partial charge is 0.484 e. The Balaban J connectivity index is 2.02.